The lowest BCUT2D eigenvalue weighted by Crippen LogP contribution is -2.46. The quantitative estimate of drug-likeness (QED) is 0.563. The van der Waals surface area contributed by atoms with E-state index in [2.05, 4.69) is 27.4 Å². The van der Waals surface area contributed by atoms with Crippen molar-refractivity contribution >= 4 is 38.3 Å². The number of para-hydroxylation sites is 1. The first-order chi connectivity index (χ1) is 14.8. The highest BCUT2D eigenvalue weighted by molar-refractivity contribution is 7.89. The third kappa shape index (κ3) is 4.30. The standard InChI is InChI=1S/C22H28ClN5O2S/c1-4-28-21-10-9-17(31(29,30)25(2)3)15-19(21)24-22(28)16-26-11-13-27(14-12-26)20-8-6-5-7-18(20)23/h5-10,15H,4,11-14,16H2,1-3H3. The van der Waals surface area contributed by atoms with E-state index in [1.54, 1.807) is 12.1 Å². The molecule has 0 amide bonds. The zero-order valence-corrected chi connectivity index (χ0v) is 19.7. The highest BCUT2D eigenvalue weighted by Gasteiger charge is 2.22. The van der Waals surface area contributed by atoms with Crippen LogP contribution in [0.15, 0.2) is 47.4 Å². The Kier molecular flexibility index (Phi) is 6.25. The normalized spacial score (nSPS) is 15.8. The van der Waals surface area contributed by atoms with Gasteiger partial charge in [0, 0.05) is 46.8 Å². The number of rotatable bonds is 6. The number of aryl methyl sites for hydroxylation is 1. The van der Waals surface area contributed by atoms with Gasteiger partial charge in [0.15, 0.2) is 0 Å². The molecule has 3 aromatic rings. The van der Waals surface area contributed by atoms with Gasteiger partial charge in [0.2, 0.25) is 10.0 Å². The predicted octanol–water partition coefficient (Wildman–Crippen LogP) is 3.28. The molecule has 1 aliphatic heterocycles. The van der Waals surface area contributed by atoms with Crippen molar-refractivity contribution in [3.05, 3.63) is 53.3 Å². The SMILES string of the molecule is CCn1c(CN2CCN(c3ccccc3Cl)CC2)nc2cc(S(=O)(=O)N(C)C)ccc21. The van der Waals surface area contributed by atoms with Crippen LogP contribution in [0, 0.1) is 0 Å². The van der Waals surface area contributed by atoms with Gasteiger partial charge in [-0.2, -0.15) is 0 Å². The number of fused-ring (bicyclic) bond motifs is 1. The molecule has 0 atom stereocenters. The number of piperazine rings is 1. The second-order valence-corrected chi connectivity index (χ2v) is 10.5. The summed E-state index contributed by atoms with van der Waals surface area (Å²) in [4.78, 5) is 9.78. The zero-order chi connectivity index (χ0) is 22.2. The van der Waals surface area contributed by atoms with Gasteiger partial charge in [0.05, 0.1) is 33.2 Å². The number of sulfonamides is 1. The van der Waals surface area contributed by atoms with Crippen LogP contribution in [0.5, 0.6) is 0 Å². The van der Waals surface area contributed by atoms with Crippen LogP contribution in [-0.2, 0) is 23.1 Å². The van der Waals surface area contributed by atoms with E-state index in [9.17, 15) is 8.42 Å². The van der Waals surface area contributed by atoms with Crippen molar-refractivity contribution in [2.45, 2.75) is 24.9 Å². The van der Waals surface area contributed by atoms with Crippen molar-refractivity contribution in [3.63, 3.8) is 0 Å². The molecule has 1 fully saturated rings. The lowest BCUT2D eigenvalue weighted by molar-refractivity contribution is 0.241. The van der Waals surface area contributed by atoms with Gasteiger partial charge < -0.3 is 9.47 Å². The number of aromatic nitrogens is 2. The third-order valence-electron chi connectivity index (χ3n) is 5.82. The molecule has 2 heterocycles. The molecule has 0 radical (unpaired) electrons. The third-order valence-corrected chi connectivity index (χ3v) is 7.95. The molecule has 0 spiro atoms. The summed E-state index contributed by atoms with van der Waals surface area (Å²) >= 11 is 6.36. The van der Waals surface area contributed by atoms with E-state index < -0.39 is 10.0 Å². The Morgan fingerprint density at radius 1 is 1.06 bits per heavy atom. The van der Waals surface area contributed by atoms with E-state index in [0.29, 0.717) is 0 Å². The maximum absolute atomic E-state index is 12.5. The fourth-order valence-electron chi connectivity index (χ4n) is 4.06. The maximum atomic E-state index is 12.5. The lowest BCUT2D eigenvalue weighted by Gasteiger charge is -2.36. The Balaban J connectivity index is 1.53. The second-order valence-electron chi connectivity index (χ2n) is 7.92. The average Bonchev–Trinajstić information content (AvgIpc) is 3.10. The molecule has 0 aliphatic carbocycles. The van der Waals surface area contributed by atoms with Gasteiger partial charge >= 0.3 is 0 Å². The maximum Gasteiger partial charge on any atom is 0.242 e. The fraction of sp³-hybridized carbons (Fsp3) is 0.409. The molecule has 31 heavy (non-hydrogen) atoms. The molecule has 0 saturated carbocycles. The lowest BCUT2D eigenvalue weighted by atomic mass is 10.2. The zero-order valence-electron chi connectivity index (χ0n) is 18.1. The Labute approximate surface area is 188 Å². The van der Waals surface area contributed by atoms with E-state index in [-0.39, 0.29) is 4.90 Å². The van der Waals surface area contributed by atoms with Crippen LogP contribution in [0.25, 0.3) is 11.0 Å². The molecule has 0 N–H and O–H groups in total. The van der Waals surface area contributed by atoms with E-state index >= 15 is 0 Å². The summed E-state index contributed by atoms with van der Waals surface area (Å²) in [7, 11) is -0.405. The Morgan fingerprint density at radius 2 is 1.77 bits per heavy atom. The Bertz CT molecular complexity index is 1180. The molecular formula is C22H28ClN5O2S. The largest absolute Gasteiger partial charge is 0.368 e. The van der Waals surface area contributed by atoms with Gasteiger partial charge in [-0.05, 0) is 37.3 Å². The minimum absolute atomic E-state index is 0.269. The first kappa shape index (κ1) is 22.1. The van der Waals surface area contributed by atoms with Crippen molar-refractivity contribution in [2.24, 2.45) is 0 Å². The summed E-state index contributed by atoms with van der Waals surface area (Å²) in [5, 5.41) is 0.784. The average molecular weight is 462 g/mol. The molecule has 9 heteroatoms. The summed E-state index contributed by atoms with van der Waals surface area (Å²) in [5.74, 6) is 0.961. The fourth-order valence-corrected chi connectivity index (χ4v) is 5.24. The van der Waals surface area contributed by atoms with Gasteiger partial charge in [-0.25, -0.2) is 17.7 Å². The summed E-state index contributed by atoms with van der Waals surface area (Å²) < 4.78 is 28.4. The van der Waals surface area contributed by atoms with Gasteiger partial charge in [-0.1, -0.05) is 23.7 Å². The number of halogens is 1. The number of hydrogen-bond acceptors (Lipinski definition) is 5. The molecule has 0 unspecified atom stereocenters. The van der Waals surface area contributed by atoms with Crippen LogP contribution < -0.4 is 4.90 Å². The monoisotopic (exact) mass is 461 g/mol. The summed E-state index contributed by atoms with van der Waals surface area (Å²) in [6.45, 7) is 7.24. The Morgan fingerprint density at radius 3 is 2.42 bits per heavy atom. The predicted molar refractivity (Wildman–Crippen MR) is 125 cm³/mol. The topological polar surface area (TPSA) is 61.7 Å². The first-order valence-electron chi connectivity index (χ1n) is 10.4. The van der Waals surface area contributed by atoms with E-state index in [1.165, 1.54) is 18.4 Å². The number of nitrogens with zero attached hydrogens (tertiary/aromatic N) is 5. The molecule has 166 valence electrons. The van der Waals surface area contributed by atoms with Gasteiger partial charge in [0.25, 0.3) is 0 Å². The van der Waals surface area contributed by atoms with Crippen molar-refractivity contribution in [1.82, 2.24) is 18.8 Å². The van der Waals surface area contributed by atoms with Crippen molar-refractivity contribution in [2.75, 3.05) is 45.2 Å². The number of imidazole rings is 1. The minimum Gasteiger partial charge on any atom is -0.368 e. The van der Waals surface area contributed by atoms with E-state index in [1.807, 2.05) is 24.3 Å². The van der Waals surface area contributed by atoms with E-state index in [4.69, 9.17) is 16.6 Å². The number of anilines is 1. The number of hydrogen-bond donors (Lipinski definition) is 0. The number of benzene rings is 2. The minimum atomic E-state index is -3.48. The molecule has 7 nitrogen and oxygen atoms in total. The summed E-state index contributed by atoms with van der Waals surface area (Å²) in [6, 6.07) is 13.2. The summed E-state index contributed by atoms with van der Waals surface area (Å²) in [6.07, 6.45) is 0. The van der Waals surface area contributed by atoms with Crippen LogP contribution in [0.4, 0.5) is 5.69 Å². The van der Waals surface area contributed by atoms with Gasteiger partial charge in [0.1, 0.15) is 5.82 Å². The van der Waals surface area contributed by atoms with Gasteiger partial charge in [-0.3, -0.25) is 4.90 Å². The van der Waals surface area contributed by atoms with Crippen molar-refractivity contribution in [3.8, 4) is 0 Å². The van der Waals surface area contributed by atoms with Crippen LogP contribution in [-0.4, -0.2) is 67.4 Å². The van der Waals surface area contributed by atoms with Crippen LogP contribution >= 0.6 is 11.6 Å². The highest BCUT2D eigenvalue weighted by Crippen LogP contribution is 2.27. The molecule has 1 aliphatic rings. The second kappa shape index (κ2) is 8.78. The van der Waals surface area contributed by atoms with Crippen LogP contribution in [0.2, 0.25) is 5.02 Å². The van der Waals surface area contributed by atoms with Gasteiger partial charge in [-0.15, -0.1) is 0 Å². The van der Waals surface area contributed by atoms with Crippen molar-refractivity contribution < 1.29 is 8.42 Å². The summed E-state index contributed by atoms with van der Waals surface area (Å²) in [5.41, 5.74) is 2.76. The Hall–Kier alpha value is -2.13. The molecule has 2 aromatic carbocycles. The molecule has 1 saturated heterocycles. The van der Waals surface area contributed by atoms with Crippen LogP contribution in [0.3, 0.4) is 0 Å². The molecule has 0 bridgehead atoms. The smallest absolute Gasteiger partial charge is 0.242 e. The molecule has 4 rings (SSSR count). The molecule has 1 aromatic heterocycles. The highest BCUT2D eigenvalue weighted by atomic mass is 35.5. The van der Waals surface area contributed by atoms with Crippen LogP contribution in [0.1, 0.15) is 12.7 Å². The van der Waals surface area contributed by atoms with E-state index in [0.717, 1.165) is 66.8 Å². The first-order valence-corrected chi connectivity index (χ1v) is 12.3. The molecular weight excluding hydrogens is 434 g/mol. The van der Waals surface area contributed by atoms with Crippen molar-refractivity contribution in [1.29, 1.82) is 0 Å².